The van der Waals surface area contributed by atoms with Gasteiger partial charge in [0.05, 0.1) is 24.1 Å². The Morgan fingerprint density at radius 1 is 1.29 bits per heavy atom. The van der Waals surface area contributed by atoms with Crippen molar-refractivity contribution in [3.8, 4) is 5.75 Å². The van der Waals surface area contributed by atoms with Crippen LogP contribution >= 0.6 is 23.4 Å². The molecule has 8 nitrogen and oxygen atoms in total. The molecule has 0 saturated heterocycles. The highest BCUT2D eigenvalue weighted by molar-refractivity contribution is 7.99. The Hall–Kier alpha value is -2.69. The molecule has 31 heavy (non-hydrogen) atoms. The van der Waals surface area contributed by atoms with Crippen LogP contribution < -0.4 is 10.1 Å². The number of nitrogens with zero attached hydrogens (tertiary/aromatic N) is 4. The van der Waals surface area contributed by atoms with Gasteiger partial charge in [-0.05, 0) is 31.2 Å². The molecule has 0 saturated carbocycles. The highest BCUT2D eigenvalue weighted by Gasteiger charge is 2.20. The number of anilines is 1. The zero-order valence-electron chi connectivity index (χ0n) is 16.9. The average Bonchev–Trinajstić information content (AvgIpc) is 3.16. The first-order chi connectivity index (χ1) is 15.0. The molecule has 1 unspecified atom stereocenters. The molecule has 3 aromatic rings. The van der Waals surface area contributed by atoms with E-state index in [1.807, 2.05) is 11.5 Å². The summed E-state index contributed by atoms with van der Waals surface area (Å²) in [5.41, 5.74) is 0.433. The highest BCUT2D eigenvalue weighted by atomic mass is 35.5. The van der Waals surface area contributed by atoms with Crippen molar-refractivity contribution in [1.82, 2.24) is 19.7 Å². The van der Waals surface area contributed by atoms with E-state index >= 15 is 0 Å². The van der Waals surface area contributed by atoms with E-state index in [-0.39, 0.29) is 35.2 Å². The number of nitrogens with one attached hydrogen (secondary N) is 1. The molecule has 1 atom stereocenters. The lowest BCUT2D eigenvalue weighted by molar-refractivity contribution is -0.113. The van der Waals surface area contributed by atoms with Crippen molar-refractivity contribution in [2.75, 3.05) is 24.8 Å². The quantitative estimate of drug-likeness (QED) is 0.357. The number of carbonyl (C=O) groups excluding carboxylic acids is 1. The summed E-state index contributed by atoms with van der Waals surface area (Å²) < 4.78 is 26.5. The van der Waals surface area contributed by atoms with E-state index in [0.29, 0.717) is 23.3 Å². The van der Waals surface area contributed by atoms with Crippen molar-refractivity contribution >= 4 is 35.0 Å². The number of hydrogen-bond donors (Lipinski definition) is 1. The van der Waals surface area contributed by atoms with Crippen LogP contribution in [0.5, 0.6) is 5.75 Å². The molecule has 2 heterocycles. The van der Waals surface area contributed by atoms with Crippen molar-refractivity contribution in [3.63, 3.8) is 0 Å². The number of amides is 1. The van der Waals surface area contributed by atoms with E-state index in [9.17, 15) is 9.18 Å². The van der Waals surface area contributed by atoms with Crippen molar-refractivity contribution in [2.45, 2.75) is 24.7 Å². The summed E-state index contributed by atoms with van der Waals surface area (Å²) >= 11 is 7.18. The van der Waals surface area contributed by atoms with Crippen LogP contribution in [0.1, 0.15) is 18.8 Å². The van der Waals surface area contributed by atoms with Crippen LogP contribution in [0.2, 0.25) is 5.15 Å². The predicted molar refractivity (Wildman–Crippen MR) is 116 cm³/mol. The molecule has 0 aliphatic rings. The molecule has 164 valence electrons. The first-order valence-electron chi connectivity index (χ1n) is 9.32. The van der Waals surface area contributed by atoms with Gasteiger partial charge in [-0.15, -0.1) is 10.2 Å². The topological polar surface area (TPSA) is 91.2 Å². The molecule has 0 aliphatic carbocycles. The number of pyridine rings is 1. The van der Waals surface area contributed by atoms with Gasteiger partial charge in [-0.1, -0.05) is 35.5 Å². The molecule has 11 heteroatoms. The van der Waals surface area contributed by atoms with Crippen molar-refractivity contribution in [3.05, 3.63) is 59.4 Å². The average molecular weight is 466 g/mol. The maximum absolute atomic E-state index is 13.8. The summed E-state index contributed by atoms with van der Waals surface area (Å²) in [5.74, 6) is -0.0294. The monoisotopic (exact) mass is 465 g/mol. The maximum Gasteiger partial charge on any atom is 0.234 e. The SMILES string of the molecule is COCC(C)n1c(COc2ccccc2F)nnc1SCC(=O)Nc1cccnc1Cl. The van der Waals surface area contributed by atoms with E-state index in [2.05, 4.69) is 20.5 Å². The third kappa shape index (κ3) is 6.16. The van der Waals surface area contributed by atoms with Crippen LogP contribution in [-0.2, 0) is 16.1 Å². The zero-order valence-corrected chi connectivity index (χ0v) is 18.5. The fraction of sp³-hybridized carbons (Fsp3) is 0.300. The Bertz CT molecular complexity index is 1040. The number of ether oxygens (including phenoxy) is 2. The van der Waals surface area contributed by atoms with Gasteiger partial charge in [0.25, 0.3) is 0 Å². The van der Waals surface area contributed by atoms with Gasteiger partial charge in [-0.3, -0.25) is 9.36 Å². The number of halogens is 2. The number of carbonyl (C=O) groups is 1. The Labute approximate surface area is 188 Å². The number of hydrogen-bond acceptors (Lipinski definition) is 7. The molecular formula is C20H21ClFN5O3S. The Kier molecular flexibility index (Phi) is 8.21. The Balaban J connectivity index is 1.70. The second kappa shape index (κ2) is 11.1. The standard InChI is InChI=1S/C20H21ClFN5O3S/c1-13(10-29-2)27-17(11-30-16-8-4-3-6-14(16)22)25-26-20(27)31-12-18(28)24-15-7-5-9-23-19(15)21/h3-9,13H,10-12H2,1-2H3,(H,24,28). The lowest BCUT2D eigenvalue weighted by atomic mass is 10.3. The zero-order chi connectivity index (χ0) is 22.2. The molecule has 0 fully saturated rings. The van der Waals surface area contributed by atoms with E-state index in [0.717, 1.165) is 0 Å². The van der Waals surface area contributed by atoms with Gasteiger partial charge in [0.1, 0.15) is 6.61 Å². The summed E-state index contributed by atoms with van der Waals surface area (Å²) in [6.07, 6.45) is 1.54. The van der Waals surface area contributed by atoms with E-state index in [1.54, 1.807) is 31.4 Å². The second-order valence-corrected chi connectivity index (χ2v) is 7.77. The van der Waals surface area contributed by atoms with Gasteiger partial charge >= 0.3 is 0 Å². The minimum absolute atomic E-state index is 0.0139. The van der Waals surface area contributed by atoms with Crippen LogP contribution in [0.4, 0.5) is 10.1 Å². The van der Waals surface area contributed by atoms with Gasteiger partial charge in [0.15, 0.2) is 27.7 Å². The van der Waals surface area contributed by atoms with Crippen molar-refractivity contribution < 1.29 is 18.7 Å². The second-order valence-electron chi connectivity index (χ2n) is 6.47. The highest BCUT2D eigenvalue weighted by Crippen LogP contribution is 2.25. The molecule has 3 rings (SSSR count). The lowest BCUT2D eigenvalue weighted by Crippen LogP contribution is -2.18. The minimum Gasteiger partial charge on any atom is -0.483 e. The molecular weight excluding hydrogens is 445 g/mol. The Morgan fingerprint density at radius 3 is 2.84 bits per heavy atom. The number of thioether (sulfide) groups is 1. The fourth-order valence-corrected chi connectivity index (χ4v) is 3.78. The largest absolute Gasteiger partial charge is 0.483 e. The first kappa shape index (κ1) is 23.0. The molecule has 0 bridgehead atoms. The third-order valence-electron chi connectivity index (χ3n) is 4.14. The third-order valence-corrected chi connectivity index (χ3v) is 5.39. The van der Waals surface area contributed by atoms with Gasteiger partial charge in [-0.2, -0.15) is 0 Å². The summed E-state index contributed by atoms with van der Waals surface area (Å²) in [6, 6.07) is 9.35. The fourth-order valence-electron chi connectivity index (χ4n) is 2.76. The number of benzene rings is 1. The smallest absolute Gasteiger partial charge is 0.234 e. The van der Waals surface area contributed by atoms with Gasteiger partial charge in [-0.25, -0.2) is 9.37 Å². The van der Waals surface area contributed by atoms with Crippen LogP contribution in [0.3, 0.4) is 0 Å². The number of para-hydroxylation sites is 1. The molecule has 0 spiro atoms. The lowest BCUT2D eigenvalue weighted by Gasteiger charge is -2.17. The molecule has 2 aromatic heterocycles. The minimum atomic E-state index is -0.459. The van der Waals surface area contributed by atoms with E-state index in [4.69, 9.17) is 21.1 Å². The number of rotatable bonds is 10. The predicted octanol–water partition coefficient (Wildman–Crippen LogP) is 3.98. The summed E-state index contributed by atoms with van der Waals surface area (Å²) in [6.45, 7) is 2.34. The van der Waals surface area contributed by atoms with Crippen LogP contribution in [0, 0.1) is 5.82 Å². The molecule has 0 aliphatic heterocycles. The van der Waals surface area contributed by atoms with Crippen molar-refractivity contribution in [1.29, 1.82) is 0 Å². The van der Waals surface area contributed by atoms with Gasteiger partial charge < -0.3 is 14.8 Å². The Morgan fingerprint density at radius 2 is 2.10 bits per heavy atom. The van der Waals surface area contributed by atoms with E-state index in [1.165, 1.54) is 30.1 Å². The van der Waals surface area contributed by atoms with Crippen LogP contribution in [0.15, 0.2) is 47.8 Å². The van der Waals surface area contributed by atoms with Crippen LogP contribution in [0.25, 0.3) is 0 Å². The molecule has 1 amide bonds. The maximum atomic E-state index is 13.8. The summed E-state index contributed by atoms with van der Waals surface area (Å²) in [5, 5.41) is 11.8. The molecule has 1 N–H and O–H groups in total. The summed E-state index contributed by atoms with van der Waals surface area (Å²) in [7, 11) is 1.59. The number of methoxy groups -OCH3 is 1. The summed E-state index contributed by atoms with van der Waals surface area (Å²) in [4.78, 5) is 16.3. The van der Waals surface area contributed by atoms with Crippen LogP contribution in [-0.4, -0.2) is 45.1 Å². The van der Waals surface area contributed by atoms with Gasteiger partial charge in [0.2, 0.25) is 5.91 Å². The number of aromatic nitrogens is 4. The molecule has 1 aromatic carbocycles. The molecule has 0 radical (unpaired) electrons. The van der Waals surface area contributed by atoms with Crippen molar-refractivity contribution in [2.24, 2.45) is 0 Å². The first-order valence-corrected chi connectivity index (χ1v) is 10.7. The van der Waals surface area contributed by atoms with E-state index < -0.39 is 5.82 Å². The normalized spacial score (nSPS) is 11.9. The van der Waals surface area contributed by atoms with Gasteiger partial charge in [0, 0.05) is 13.3 Å².